The maximum atomic E-state index is 12.0. The first-order chi connectivity index (χ1) is 8.61. The number of rotatable bonds is 4. The number of nitrogen functional groups attached to an aromatic ring is 1. The molecule has 0 saturated carbocycles. The van der Waals surface area contributed by atoms with Gasteiger partial charge in [-0.3, -0.25) is 5.10 Å². The lowest BCUT2D eigenvalue weighted by Crippen LogP contribution is -2.15. The second-order valence-corrected chi connectivity index (χ2v) is 4.38. The topological polar surface area (TPSA) is 81.0 Å². The van der Waals surface area contributed by atoms with Gasteiger partial charge in [0.1, 0.15) is 0 Å². The first-order valence-corrected chi connectivity index (χ1v) is 6.06. The molecule has 0 aliphatic rings. The molecular formula is C13H17N3O2. The van der Waals surface area contributed by atoms with E-state index in [4.69, 9.17) is 10.5 Å². The summed E-state index contributed by atoms with van der Waals surface area (Å²) in [6.45, 7) is 3.93. The molecule has 0 fully saturated rings. The molecule has 96 valence electrons. The average Bonchev–Trinajstić information content (AvgIpc) is 2.71. The highest BCUT2D eigenvalue weighted by atomic mass is 16.5. The Bertz CT molecular complexity index is 562. The van der Waals surface area contributed by atoms with Gasteiger partial charge in [-0.25, -0.2) is 4.79 Å². The van der Waals surface area contributed by atoms with E-state index in [1.807, 2.05) is 6.92 Å². The van der Waals surface area contributed by atoms with E-state index in [0.29, 0.717) is 16.8 Å². The molecule has 0 aliphatic carbocycles. The molecule has 5 heteroatoms. The Morgan fingerprint density at radius 2 is 2.33 bits per heavy atom. The van der Waals surface area contributed by atoms with Crippen molar-refractivity contribution in [3.05, 3.63) is 23.9 Å². The zero-order chi connectivity index (χ0) is 13.1. The number of aromatic amines is 1. The maximum Gasteiger partial charge on any atom is 0.359 e. The number of fused-ring (bicyclic) bond motifs is 1. The number of hydrogen-bond acceptors (Lipinski definition) is 4. The number of benzene rings is 1. The van der Waals surface area contributed by atoms with Crippen LogP contribution in [0.1, 0.15) is 37.2 Å². The molecule has 5 nitrogen and oxygen atoms in total. The van der Waals surface area contributed by atoms with Crippen molar-refractivity contribution in [1.82, 2.24) is 10.2 Å². The second kappa shape index (κ2) is 5.08. The summed E-state index contributed by atoms with van der Waals surface area (Å²) < 4.78 is 5.32. The van der Waals surface area contributed by atoms with Gasteiger partial charge in [-0.2, -0.15) is 5.10 Å². The lowest BCUT2D eigenvalue weighted by atomic mass is 10.2. The van der Waals surface area contributed by atoms with Gasteiger partial charge in [0, 0.05) is 11.1 Å². The average molecular weight is 247 g/mol. The largest absolute Gasteiger partial charge is 0.458 e. The normalized spacial score (nSPS) is 12.6. The van der Waals surface area contributed by atoms with Crippen LogP contribution in [0.4, 0.5) is 5.69 Å². The minimum absolute atomic E-state index is 0.102. The third-order valence-corrected chi connectivity index (χ3v) is 2.78. The third kappa shape index (κ3) is 2.45. The van der Waals surface area contributed by atoms with Crippen molar-refractivity contribution in [2.75, 3.05) is 5.73 Å². The fraction of sp³-hybridized carbons (Fsp3) is 0.385. The summed E-state index contributed by atoms with van der Waals surface area (Å²) in [5.74, 6) is -0.409. The quantitative estimate of drug-likeness (QED) is 0.642. The lowest BCUT2D eigenvalue weighted by Gasteiger charge is -2.10. The van der Waals surface area contributed by atoms with E-state index < -0.39 is 5.97 Å². The number of hydrogen-bond donors (Lipinski definition) is 2. The van der Waals surface area contributed by atoms with E-state index in [1.165, 1.54) is 0 Å². The second-order valence-electron chi connectivity index (χ2n) is 4.38. The van der Waals surface area contributed by atoms with Crippen LogP contribution >= 0.6 is 0 Å². The molecule has 1 unspecified atom stereocenters. The van der Waals surface area contributed by atoms with Crippen LogP contribution in [-0.2, 0) is 4.74 Å². The lowest BCUT2D eigenvalue weighted by molar-refractivity contribution is 0.0319. The number of ether oxygens (including phenoxy) is 1. The number of nitrogens with zero attached hydrogens (tertiary/aromatic N) is 1. The van der Waals surface area contributed by atoms with E-state index >= 15 is 0 Å². The molecular weight excluding hydrogens is 230 g/mol. The molecule has 1 aromatic carbocycles. The molecule has 18 heavy (non-hydrogen) atoms. The Kier molecular flexibility index (Phi) is 3.50. The summed E-state index contributed by atoms with van der Waals surface area (Å²) in [5, 5.41) is 7.49. The number of H-pyrrole nitrogens is 1. The van der Waals surface area contributed by atoms with Gasteiger partial charge in [-0.1, -0.05) is 13.3 Å². The number of nitrogens with two attached hydrogens (primary N) is 1. The van der Waals surface area contributed by atoms with Gasteiger partial charge in [0.05, 0.1) is 11.6 Å². The number of aromatic nitrogens is 2. The summed E-state index contributed by atoms with van der Waals surface area (Å²) in [5.41, 5.74) is 7.37. The standard InChI is InChI=1S/C13H17N3O2/c1-3-4-8(2)18-13(17)12-10-7-9(14)5-6-11(10)15-16-12/h5-8H,3-4,14H2,1-2H3,(H,15,16). The molecule has 1 atom stereocenters. The summed E-state index contributed by atoms with van der Waals surface area (Å²) in [6, 6.07) is 5.28. The smallest absolute Gasteiger partial charge is 0.359 e. The van der Waals surface area contributed by atoms with E-state index in [9.17, 15) is 4.79 Å². The van der Waals surface area contributed by atoms with Crippen LogP contribution in [0.25, 0.3) is 10.9 Å². The van der Waals surface area contributed by atoms with Crippen LogP contribution in [-0.4, -0.2) is 22.3 Å². The summed E-state index contributed by atoms with van der Waals surface area (Å²) in [4.78, 5) is 12.0. The van der Waals surface area contributed by atoms with E-state index in [2.05, 4.69) is 17.1 Å². The van der Waals surface area contributed by atoms with Crippen molar-refractivity contribution >= 4 is 22.6 Å². The van der Waals surface area contributed by atoms with Crippen LogP contribution in [0.15, 0.2) is 18.2 Å². The van der Waals surface area contributed by atoms with Crippen LogP contribution in [0.5, 0.6) is 0 Å². The molecule has 0 amide bonds. The molecule has 2 rings (SSSR count). The molecule has 1 aromatic heterocycles. The van der Waals surface area contributed by atoms with Gasteiger partial charge in [0.15, 0.2) is 5.69 Å². The van der Waals surface area contributed by atoms with Gasteiger partial charge in [0.25, 0.3) is 0 Å². The Hall–Kier alpha value is -2.04. The van der Waals surface area contributed by atoms with Crippen molar-refractivity contribution in [2.24, 2.45) is 0 Å². The summed E-state index contributed by atoms with van der Waals surface area (Å²) >= 11 is 0. The van der Waals surface area contributed by atoms with Crippen molar-refractivity contribution in [1.29, 1.82) is 0 Å². The van der Waals surface area contributed by atoms with Crippen molar-refractivity contribution < 1.29 is 9.53 Å². The summed E-state index contributed by atoms with van der Waals surface area (Å²) in [6.07, 6.45) is 1.72. The molecule has 2 aromatic rings. The van der Waals surface area contributed by atoms with Crippen LogP contribution < -0.4 is 5.73 Å². The fourth-order valence-electron chi connectivity index (χ4n) is 1.89. The van der Waals surface area contributed by atoms with Crippen molar-refractivity contribution in [3.8, 4) is 0 Å². The molecule has 3 N–H and O–H groups in total. The minimum Gasteiger partial charge on any atom is -0.458 e. The highest BCUT2D eigenvalue weighted by molar-refractivity contribution is 6.02. The predicted octanol–water partition coefficient (Wildman–Crippen LogP) is 2.49. The molecule has 0 spiro atoms. The molecule has 0 radical (unpaired) electrons. The Morgan fingerprint density at radius 1 is 1.56 bits per heavy atom. The monoisotopic (exact) mass is 247 g/mol. The molecule has 0 bridgehead atoms. The summed E-state index contributed by atoms with van der Waals surface area (Å²) in [7, 11) is 0. The number of anilines is 1. The first-order valence-electron chi connectivity index (χ1n) is 6.06. The molecule has 0 saturated heterocycles. The van der Waals surface area contributed by atoms with Gasteiger partial charge in [0.2, 0.25) is 0 Å². The third-order valence-electron chi connectivity index (χ3n) is 2.78. The van der Waals surface area contributed by atoms with E-state index in [1.54, 1.807) is 18.2 Å². The van der Waals surface area contributed by atoms with Gasteiger partial charge in [-0.15, -0.1) is 0 Å². The Balaban J connectivity index is 2.25. The highest BCUT2D eigenvalue weighted by Gasteiger charge is 2.17. The Morgan fingerprint density at radius 3 is 3.06 bits per heavy atom. The van der Waals surface area contributed by atoms with Gasteiger partial charge < -0.3 is 10.5 Å². The highest BCUT2D eigenvalue weighted by Crippen LogP contribution is 2.20. The van der Waals surface area contributed by atoms with E-state index in [0.717, 1.165) is 18.4 Å². The predicted molar refractivity (Wildman–Crippen MR) is 70.3 cm³/mol. The zero-order valence-electron chi connectivity index (χ0n) is 10.6. The fourth-order valence-corrected chi connectivity index (χ4v) is 1.89. The van der Waals surface area contributed by atoms with E-state index in [-0.39, 0.29) is 6.10 Å². The van der Waals surface area contributed by atoms with Crippen molar-refractivity contribution in [2.45, 2.75) is 32.8 Å². The number of esters is 1. The number of nitrogens with one attached hydrogen (secondary N) is 1. The van der Waals surface area contributed by atoms with Crippen LogP contribution in [0.3, 0.4) is 0 Å². The van der Waals surface area contributed by atoms with Crippen molar-refractivity contribution in [3.63, 3.8) is 0 Å². The maximum absolute atomic E-state index is 12.0. The number of carbonyl (C=O) groups is 1. The molecule has 0 aliphatic heterocycles. The van der Waals surface area contributed by atoms with Gasteiger partial charge >= 0.3 is 5.97 Å². The first kappa shape index (κ1) is 12.4. The number of carbonyl (C=O) groups excluding carboxylic acids is 1. The molecule has 1 heterocycles. The minimum atomic E-state index is -0.409. The van der Waals surface area contributed by atoms with Gasteiger partial charge in [-0.05, 0) is 31.5 Å². The zero-order valence-corrected chi connectivity index (χ0v) is 10.6. The van der Waals surface area contributed by atoms with Crippen LogP contribution in [0.2, 0.25) is 0 Å². The SMILES string of the molecule is CCCC(C)OC(=O)c1n[nH]c2ccc(N)cc12. The van der Waals surface area contributed by atoms with Crippen LogP contribution in [0, 0.1) is 0 Å². The Labute approximate surface area is 105 Å².